The zero-order chi connectivity index (χ0) is 18.3. The van der Waals surface area contributed by atoms with E-state index in [0.717, 1.165) is 18.4 Å². The van der Waals surface area contributed by atoms with Crippen LogP contribution in [0.1, 0.15) is 83.1 Å². The number of carbonyl (C=O) groups excluding carboxylic acids is 1. The molecule has 1 rings (SSSR count). The highest BCUT2D eigenvalue weighted by atomic mass is 16.5. The second-order valence-electron chi connectivity index (χ2n) is 6.55. The lowest BCUT2D eigenvalue weighted by Crippen LogP contribution is -2.09. The Morgan fingerprint density at radius 2 is 1.52 bits per heavy atom. The summed E-state index contributed by atoms with van der Waals surface area (Å²) in [5.74, 6) is -0.456. The number of ether oxygens (including phenoxy) is 1. The standard InChI is InChI=1S/C21H32O4/c1-2-3-4-5-6-7-8-13-18-14-9-10-15-19(18)25-21(24)17-12-11-16-20(22)23/h9-10,14-15H,2-8,11-13,16-17H2,1H3,(H,22,23). The Balaban J connectivity index is 2.30. The molecule has 1 aromatic carbocycles. The van der Waals surface area contributed by atoms with Crippen LogP contribution in [0.2, 0.25) is 0 Å². The summed E-state index contributed by atoms with van der Waals surface area (Å²) in [6.07, 6.45) is 11.2. The highest BCUT2D eigenvalue weighted by molar-refractivity contribution is 5.73. The van der Waals surface area contributed by atoms with Crippen molar-refractivity contribution < 1.29 is 19.4 Å². The predicted octanol–water partition coefficient (Wildman–Crippen LogP) is 5.53. The Morgan fingerprint density at radius 1 is 0.880 bits per heavy atom. The van der Waals surface area contributed by atoms with E-state index in [9.17, 15) is 9.59 Å². The highest BCUT2D eigenvalue weighted by Gasteiger charge is 2.09. The summed E-state index contributed by atoms with van der Waals surface area (Å²) in [5, 5.41) is 8.60. The van der Waals surface area contributed by atoms with Crippen molar-refractivity contribution in [3.8, 4) is 5.75 Å². The van der Waals surface area contributed by atoms with Gasteiger partial charge in [0.15, 0.2) is 0 Å². The summed E-state index contributed by atoms with van der Waals surface area (Å²) in [4.78, 5) is 22.4. The second kappa shape index (κ2) is 13.5. The van der Waals surface area contributed by atoms with Crippen molar-refractivity contribution >= 4 is 11.9 Å². The Hall–Kier alpha value is -1.84. The highest BCUT2D eigenvalue weighted by Crippen LogP contribution is 2.21. The van der Waals surface area contributed by atoms with Gasteiger partial charge in [-0.2, -0.15) is 0 Å². The van der Waals surface area contributed by atoms with Crippen molar-refractivity contribution in [2.24, 2.45) is 0 Å². The largest absolute Gasteiger partial charge is 0.481 e. The van der Waals surface area contributed by atoms with Gasteiger partial charge in [0, 0.05) is 12.8 Å². The third-order valence-electron chi connectivity index (χ3n) is 4.27. The smallest absolute Gasteiger partial charge is 0.311 e. The average Bonchev–Trinajstić information content (AvgIpc) is 2.59. The van der Waals surface area contributed by atoms with E-state index in [-0.39, 0.29) is 18.8 Å². The van der Waals surface area contributed by atoms with E-state index in [0.29, 0.717) is 18.6 Å². The number of hydrogen-bond acceptors (Lipinski definition) is 3. The summed E-state index contributed by atoms with van der Waals surface area (Å²) in [5.41, 5.74) is 1.08. The maximum Gasteiger partial charge on any atom is 0.311 e. The quantitative estimate of drug-likeness (QED) is 0.273. The molecule has 0 amide bonds. The van der Waals surface area contributed by atoms with E-state index in [1.54, 1.807) is 0 Å². The number of carboxylic acid groups (broad SMARTS) is 1. The molecule has 0 saturated heterocycles. The van der Waals surface area contributed by atoms with Crippen LogP contribution in [-0.2, 0) is 16.0 Å². The summed E-state index contributed by atoms with van der Waals surface area (Å²) < 4.78 is 5.48. The van der Waals surface area contributed by atoms with Crippen LogP contribution in [0.25, 0.3) is 0 Å². The topological polar surface area (TPSA) is 63.6 Å². The zero-order valence-electron chi connectivity index (χ0n) is 15.5. The first kappa shape index (κ1) is 21.2. The molecule has 0 atom stereocenters. The van der Waals surface area contributed by atoms with Crippen molar-refractivity contribution in [1.29, 1.82) is 0 Å². The molecule has 0 heterocycles. The number of benzene rings is 1. The van der Waals surface area contributed by atoms with E-state index < -0.39 is 5.97 Å². The first-order valence-corrected chi connectivity index (χ1v) is 9.64. The van der Waals surface area contributed by atoms with Crippen molar-refractivity contribution in [3.63, 3.8) is 0 Å². The monoisotopic (exact) mass is 348 g/mol. The van der Waals surface area contributed by atoms with E-state index >= 15 is 0 Å². The molecule has 0 saturated carbocycles. The molecule has 0 spiro atoms. The molecule has 1 aromatic rings. The number of carboxylic acids is 1. The number of carbonyl (C=O) groups is 2. The molecule has 4 heteroatoms. The first-order valence-electron chi connectivity index (χ1n) is 9.64. The van der Waals surface area contributed by atoms with Gasteiger partial charge >= 0.3 is 11.9 Å². The van der Waals surface area contributed by atoms with Crippen molar-refractivity contribution in [2.75, 3.05) is 0 Å². The molecule has 0 radical (unpaired) electrons. The third-order valence-corrected chi connectivity index (χ3v) is 4.27. The van der Waals surface area contributed by atoms with Crippen LogP contribution in [0.3, 0.4) is 0 Å². The summed E-state index contributed by atoms with van der Waals surface area (Å²) in [7, 11) is 0. The van der Waals surface area contributed by atoms with Gasteiger partial charge in [0.05, 0.1) is 0 Å². The Labute approximate surface area is 151 Å². The molecule has 0 aliphatic rings. The van der Waals surface area contributed by atoms with Crippen LogP contribution in [0.4, 0.5) is 0 Å². The minimum atomic E-state index is -0.826. The van der Waals surface area contributed by atoms with Gasteiger partial charge in [-0.1, -0.05) is 63.6 Å². The number of hydrogen-bond donors (Lipinski definition) is 1. The molecule has 0 fully saturated rings. The van der Waals surface area contributed by atoms with Gasteiger partial charge < -0.3 is 9.84 Å². The van der Waals surface area contributed by atoms with Crippen LogP contribution in [0, 0.1) is 0 Å². The fourth-order valence-electron chi connectivity index (χ4n) is 2.80. The molecule has 0 unspecified atom stereocenters. The van der Waals surface area contributed by atoms with Gasteiger partial charge in [0.2, 0.25) is 0 Å². The molecule has 140 valence electrons. The average molecular weight is 348 g/mol. The Morgan fingerprint density at radius 3 is 2.24 bits per heavy atom. The van der Waals surface area contributed by atoms with Crippen LogP contribution in [0.15, 0.2) is 24.3 Å². The maximum atomic E-state index is 11.9. The van der Waals surface area contributed by atoms with Gasteiger partial charge in [-0.3, -0.25) is 9.59 Å². The third kappa shape index (κ3) is 10.6. The number of rotatable bonds is 14. The van der Waals surface area contributed by atoms with E-state index in [1.165, 1.54) is 38.5 Å². The number of aryl methyl sites for hydroxylation is 1. The van der Waals surface area contributed by atoms with E-state index in [2.05, 4.69) is 6.92 Å². The van der Waals surface area contributed by atoms with Crippen LogP contribution in [0.5, 0.6) is 5.75 Å². The second-order valence-corrected chi connectivity index (χ2v) is 6.55. The van der Waals surface area contributed by atoms with Crippen LogP contribution < -0.4 is 4.74 Å². The summed E-state index contributed by atoms with van der Waals surface area (Å²) >= 11 is 0. The van der Waals surface area contributed by atoms with Gasteiger partial charge in [-0.05, 0) is 37.3 Å². The molecular weight excluding hydrogens is 316 g/mol. The van der Waals surface area contributed by atoms with Crippen LogP contribution in [-0.4, -0.2) is 17.0 Å². The number of unbranched alkanes of at least 4 members (excludes halogenated alkanes) is 7. The SMILES string of the molecule is CCCCCCCCCc1ccccc1OC(=O)CCCCC(=O)O. The molecule has 1 N–H and O–H groups in total. The molecule has 4 nitrogen and oxygen atoms in total. The molecule has 0 aromatic heterocycles. The Bertz CT molecular complexity index is 510. The van der Waals surface area contributed by atoms with Gasteiger partial charge in [-0.25, -0.2) is 0 Å². The van der Waals surface area contributed by atoms with Crippen molar-refractivity contribution in [3.05, 3.63) is 29.8 Å². The molecule has 0 aliphatic heterocycles. The lowest BCUT2D eigenvalue weighted by Gasteiger charge is -2.10. The van der Waals surface area contributed by atoms with Gasteiger partial charge in [0.1, 0.15) is 5.75 Å². The minimum absolute atomic E-state index is 0.0993. The first-order chi connectivity index (χ1) is 12.1. The number of esters is 1. The molecule has 0 bridgehead atoms. The minimum Gasteiger partial charge on any atom is -0.481 e. The van der Waals surface area contributed by atoms with E-state index in [1.807, 2.05) is 24.3 Å². The Kier molecular flexibility index (Phi) is 11.4. The lowest BCUT2D eigenvalue weighted by molar-refractivity contribution is -0.138. The fourth-order valence-corrected chi connectivity index (χ4v) is 2.80. The predicted molar refractivity (Wildman–Crippen MR) is 99.9 cm³/mol. The van der Waals surface area contributed by atoms with Gasteiger partial charge in [0.25, 0.3) is 0 Å². The maximum absolute atomic E-state index is 11.9. The molecule has 0 aliphatic carbocycles. The van der Waals surface area contributed by atoms with E-state index in [4.69, 9.17) is 9.84 Å². The summed E-state index contributed by atoms with van der Waals surface area (Å²) in [6.45, 7) is 2.23. The lowest BCUT2D eigenvalue weighted by atomic mass is 10.0. The number of para-hydroxylation sites is 1. The summed E-state index contributed by atoms with van der Waals surface area (Å²) in [6, 6.07) is 7.71. The van der Waals surface area contributed by atoms with Crippen molar-refractivity contribution in [1.82, 2.24) is 0 Å². The van der Waals surface area contributed by atoms with Crippen LogP contribution >= 0.6 is 0 Å². The normalized spacial score (nSPS) is 10.6. The molecular formula is C21H32O4. The zero-order valence-corrected chi connectivity index (χ0v) is 15.5. The fraction of sp³-hybridized carbons (Fsp3) is 0.619. The van der Waals surface area contributed by atoms with Gasteiger partial charge in [-0.15, -0.1) is 0 Å². The molecule has 25 heavy (non-hydrogen) atoms. The number of aliphatic carboxylic acids is 1. The van der Waals surface area contributed by atoms with Crippen molar-refractivity contribution in [2.45, 2.75) is 84.0 Å².